The third-order valence-corrected chi connectivity index (χ3v) is 1.69. The van der Waals surface area contributed by atoms with Gasteiger partial charge in [0.1, 0.15) is 5.75 Å². The number of benzene rings is 1. The van der Waals surface area contributed by atoms with E-state index in [4.69, 9.17) is 10.5 Å². The van der Waals surface area contributed by atoms with Crippen LogP contribution in [-0.4, -0.2) is 19.4 Å². The van der Waals surface area contributed by atoms with Crippen LogP contribution in [0.25, 0.3) is 0 Å². The topological polar surface area (TPSA) is 81.4 Å². The van der Waals surface area contributed by atoms with Gasteiger partial charge in [-0.2, -0.15) is 0 Å². The van der Waals surface area contributed by atoms with E-state index in [2.05, 4.69) is 5.32 Å². The molecule has 0 aliphatic carbocycles. The van der Waals surface area contributed by atoms with E-state index in [0.29, 0.717) is 17.8 Å². The molecule has 0 saturated carbocycles. The highest BCUT2D eigenvalue weighted by molar-refractivity contribution is 5.96. The summed E-state index contributed by atoms with van der Waals surface area (Å²) in [5.41, 5.74) is 5.93. The first kappa shape index (κ1) is 10.0. The number of amides is 2. The highest BCUT2D eigenvalue weighted by Gasteiger charge is 2.08. The van der Waals surface area contributed by atoms with Gasteiger partial charge in [0.25, 0.3) is 5.91 Å². The van der Waals surface area contributed by atoms with Crippen molar-refractivity contribution >= 4 is 18.0 Å². The van der Waals surface area contributed by atoms with Crippen LogP contribution < -0.4 is 15.8 Å². The minimum Gasteiger partial charge on any atom is -0.496 e. The molecule has 3 N–H and O–H groups in total. The van der Waals surface area contributed by atoms with Gasteiger partial charge in [0.2, 0.25) is 6.41 Å². The van der Waals surface area contributed by atoms with Gasteiger partial charge in [-0.25, -0.2) is 0 Å². The lowest BCUT2D eigenvalue weighted by molar-refractivity contribution is -0.105. The van der Waals surface area contributed by atoms with Gasteiger partial charge >= 0.3 is 0 Å². The smallest absolute Gasteiger partial charge is 0.252 e. The van der Waals surface area contributed by atoms with Crippen LogP contribution in [0.2, 0.25) is 0 Å². The maximum atomic E-state index is 10.9. The quantitative estimate of drug-likeness (QED) is 0.679. The minimum absolute atomic E-state index is 0.281. The van der Waals surface area contributed by atoms with E-state index >= 15 is 0 Å². The Morgan fingerprint density at radius 2 is 2.29 bits per heavy atom. The summed E-state index contributed by atoms with van der Waals surface area (Å²) < 4.78 is 4.94. The number of anilines is 1. The molecule has 0 radical (unpaired) electrons. The molecule has 1 aromatic rings. The Morgan fingerprint density at radius 3 is 2.79 bits per heavy atom. The second-order valence-corrected chi connectivity index (χ2v) is 2.54. The van der Waals surface area contributed by atoms with Crippen LogP contribution in [0.3, 0.4) is 0 Å². The number of rotatable bonds is 4. The average molecular weight is 194 g/mol. The number of hydrogen-bond donors (Lipinski definition) is 2. The van der Waals surface area contributed by atoms with Crippen LogP contribution in [0, 0.1) is 0 Å². The summed E-state index contributed by atoms with van der Waals surface area (Å²) in [4.78, 5) is 21.1. The second kappa shape index (κ2) is 4.27. The molecule has 0 aromatic heterocycles. The number of primary amides is 1. The molecule has 0 unspecified atom stereocenters. The molecule has 0 saturated heterocycles. The van der Waals surface area contributed by atoms with Crippen molar-refractivity contribution in [1.29, 1.82) is 0 Å². The van der Waals surface area contributed by atoms with Gasteiger partial charge in [0.15, 0.2) is 0 Å². The van der Waals surface area contributed by atoms with Crippen LogP contribution in [0.5, 0.6) is 5.75 Å². The predicted octanol–water partition coefficient (Wildman–Crippen LogP) is 0.362. The number of nitrogens with one attached hydrogen (secondary N) is 1. The van der Waals surface area contributed by atoms with Gasteiger partial charge in [-0.15, -0.1) is 0 Å². The zero-order chi connectivity index (χ0) is 10.6. The Bertz CT molecular complexity index is 363. The number of nitrogens with two attached hydrogens (primary N) is 1. The molecule has 0 fully saturated rings. The second-order valence-electron chi connectivity index (χ2n) is 2.54. The first-order valence-electron chi connectivity index (χ1n) is 3.87. The third kappa shape index (κ3) is 2.01. The van der Waals surface area contributed by atoms with E-state index < -0.39 is 5.91 Å². The molecule has 0 atom stereocenters. The minimum atomic E-state index is -0.570. The van der Waals surface area contributed by atoms with Gasteiger partial charge in [-0.3, -0.25) is 9.59 Å². The highest BCUT2D eigenvalue weighted by atomic mass is 16.5. The predicted molar refractivity (Wildman–Crippen MR) is 51.2 cm³/mol. The van der Waals surface area contributed by atoms with Crippen molar-refractivity contribution in [2.75, 3.05) is 12.4 Å². The maximum absolute atomic E-state index is 10.9. The van der Waals surface area contributed by atoms with E-state index in [1.54, 1.807) is 6.07 Å². The summed E-state index contributed by atoms with van der Waals surface area (Å²) in [6.07, 6.45) is 0.540. The van der Waals surface area contributed by atoms with Crippen LogP contribution in [0.15, 0.2) is 18.2 Å². The van der Waals surface area contributed by atoms with Crippen molar-refractivity contribution in [2.45, 2.75) is 0 Å². The summed E-state index contributed by atoms with van der Waals surface area (Å²) in [5.74, 6) is -0.233. The molecule has 5 heteroatoms. The van der Waals surface area contributed by atoms with E-state index in [1.807, 2.05) is 0 Å². The van der Waals surface area contributed by atoms with Crippen molar-refractivity contribution in [2.24, 2.45) is 5.73 Å². The number of carbonyl (C=O) groups is 2. The van der Waals surface area contributed by atoms with Gasteiger partial charge in [0, 0.05) is 11.8 Å². The fourth-order valence-corrected chi connectivity index (χ4v) is 1.05. The monoisotopic (exact) mass is 194 g/mol. The van der Waals surface area contributed by atoms with Crippen LogP contribution in [0.1, 0.15) is 10.4 Å². The van der Waals surface area contributed by atoms with Gasteiger partial charge in [-0.1, -0.05) is 0 Å². The summed E-state index contributed by atoms with van der Waals surface area (Å²) in [6.45, 7) is 0. The van der Waals surface area contributed by atoms with Gasteiger partial charge < -0.3 is 15.8 Å². The molecule has 0 aliphatic rings. The zero-order valence-electron chi connectivity index (χ0n) is 7.61. The molecule has 2 amide bonds. The average Bonchev–Trinajstić information content (AvgIpc) is 2.17. The SMILES string of the molecule is COc1cc(NC=O)ccc1C(N)=O. The summed E-state index contributed by atoms with van der Waals surface area (Å²) in [5, 5.41) is 2.44. The van der Waals surface area contributed by atoms with E-state index in [9.17, 15) is 9.59 Å². The lowest BCUT2D eigenvalue weighted by Gasteiger charge is -2.07. The Kier molecular flexibility index (Phi) is 3.06. The van der Waals surface area contributed by atoms with E-state index in [-0.39, 0.29) is 5.56 Å². The Hall–Kier alpha value is -2.04. The molecule has 74 valence electrons. The van der Waals surface area contributed by atoms with Crippen LogP contribution in [-0.2, 0) is 4.79 Å². The van der Waals surface area contributed by atoms with Crippen molar-refractivity contribution in [3.05, 3.63) is 23.8 Å². The lowest BCUT2D eigenvalue weighted by atomic mass is 10.1. The number of methoxy groups -OCH3 is 1. The summed E-state index contributed by atoms with van der Waals surface area (Å²) in [6, 6.07) is 4.58. The molecule has 0 heterocycles. The molecule has 0 bridgehead atoms. The first-order chi connectivity index (χ1) is 6.69. The molecule has 5 nitrogen and oxygen atoms in total. The lowest BCUT2D eigenvalue weighted by Crippen LogP contribution is -2.12. The van der Waals surface area contributed by atoms with Crippen LogP contribution >= 0.6 is 0 Å². The van der Waals surface area contributed by atoms with Gasteiger partial charge in [-0.05, 0) is 12.1 Å². The summed E-state index contributed by atoms with van der Waals surface area (Å²) >= 11 is 0. The fraction of sp³-hybridized carbons (Fsp3) is 0.111. The Morgan fingerprint density at radius 1 is 1.57 bits per heavy atom. The molecular weight excluding hydrogens is 184 g/mol. The molecular formula is C9H10N2O3. The third-order valence-electron chi connectivity index (χ3n) is 1.69. The Labute approximate surface area is 80.9 Å². The zero-order valence-corrected chi connectivity index (χ0v) is 7.61. The van der Waals surface area contributed by atoms with Crippen molar-refractivity contribution in [1.82, 2.24) is 0 Å². The Balaban J connectivity index is 3.10. The number of hydrogen-bond acceptors (Lipinski definition) is 3. The highest BCUT2D eigenvalue weighted by Crippen LogP contribution is 2.22. The molecule has 0 aliphatic heterocycles. The summed E-state index contributed by atoms with van der Waals surface area (Å²) in [7, 11) is 1.42. The fourth-order valence-electron chi connectivity index (χ4n) is 1.05. The number of carbonyl (C=O) groups excluding carboxylic acids is 2. The van der Waals surface area contributed by atoms with E-state index in [0.717, 1.165) is 0 Å². The molecule has 14 heavy (non-hydrogen) atoms. The molecule has 1 aromatic carbocycles. The van der Waals surface area contributed by atoms with Crippen molar-refractivity contribution in [3.8, 4) is 5.75 Å². The van der Waals surface area contributed by atoms with E-state index in [1.165, 1.54) is 19.2 Å². The largest absolute Gasteiger partial charge is 0.496 e. The van der Waals surface area contributed by atoms with Gasteiger partial charge in [0.05, 0.1) is 12.7 Å². The molecule has 0 spiro atoms. The molecule has 1 rings (SSSR count). The maximum Gasteiger partial charge on any atom is 0.252 e. The normalized spacial score (nSPS) is 9.21. The first-order valence-corrected chi connectivity index (χ1v) is 3.87. The standard InChI is InChI=1S/C9H10N2O3/c1-14-8-4-6(11-5-12)2-3-7(8)9(10)13/h2-5H,1H3,(H2,10,13)(H,11,12). The van der Waals surface area contributed by atoms with Crippen molar-refractivity contribution in [3.63, 3.8) is 0 Å². The van der Waals surface area contributed by atoms with Crippen molar-refractivity contribution < 1.29 is 14.3 Å². The number of ether oxygens (including phenoxy) is 1. The van der Waals surface area contributed by atoms with Crippen LogP contribution in [0.4, 0.5) is 5.69 Å².